The summed E-state index contributed by atoms with van der Waals surface area (Å²) >= 11 is 12.1. The summed E-state index contributed by atoms with van der Waals surface area (Å²) in [6, 6.07) is 5.38. The van der Waals surface area contributed by atoms with Crippen molar-refractivity contribution in [2.45, 2.75) is 51.5 Å². The lowest BCUT2D eigenvalue weighted by Gasteiger charge is -2.28. The van der Waals surface area contributed by atoms with Gasteiger partial charge in [0.15, 0.2) is 0 Å². The van der Waals surface area contributed by atoms with E-state index in [1.165, 1.54) is 0 Å². The molecule has 1 aromatic carbocycles. The summed E-state index contributed by atoms with van der Waals surface area (Å²) < 4.78 is 1.80. The summed E-state index contributed by atoms with van der Waals surface area (Å²) in [6.45, 7) is 4.36. The number of nitrogens with two attached hydrogens (primary N) is 1. The Morgan fingerprint density at radius 1 is 1.27 bits per heavy atom. The fraction of sp³-hybridized carbons (Fsp3) is 0.474. The molecule has 26 heavy (non-hydrogen) atoms. The van der Waals surface area contributed by atoms with Crippen molar-refractivity contribution in [2.75, 3.05) is 6.54 Å². The van der Waals surface area contributed by atoms with Crippen molar-refractivity contribution >= 4 is 29.1 Å². The van der Waals surface area contributed by atoms with E-state index in [0.717, 1.165) is 48.3 Å². The third-order valence-corrected chi connectivity index (χ3v) is 6.02. The van der Waals surface area contributed by atoms with Gasteiger partial charge in [-0.05, 0) is 44.9 Å². The molecule has 3 N–H and O–H groups in total. The maximum atomic E-state index is 12.6. The Labute approximate surface area is 163 Å². The molecule has 0 spiro atoms. The zero-order valence-electron chi connectivity index (χ0n) is 15.1. The van der Waals surface area contributed by atoms with Crippen LogP contribution in [0.25, 0.3) is 5.69 Å². The molecule has 0 unspecified atom stereocenters. The average molecular weight is 395 g/mol. The molecule has 0 radical (unpaired) electrons. The van der Waals surface area contributed by atoms with Gasteiger partial charge in [-0.15, -0.1) is 0 Å². The summed E-state index contributed by atoms with van der Waals surface area (Å²) in [4.78, 5) is 12.6. The quantitative estimate of drug-likeness (QED) is 0.811. The van der Waals surface area contributed by atoms with Gasteiger partial charge in [-0.3, -0.25) is 4.79 Å². The number of hydrogen-bond acceptors (Lipinski definition) is 3. The molecule has 0 atom stereocenters. The van der Waals surface area contributed by atoms with Crippen LogP contribution in [0, 0.1) is 13.8 Å². The SMILES string of the molecule is Cc1nn(-c2ccc(Cl)c(Cl)c2)c(C)c1CC(=O)NC1(CN)CCCC1. The van der Waals surface area contributed by atoms with Crippen LogP contribution in [0.2, 0.25) is 10.0 Å². The lowest BCUT2D eigenvalue weighted by atomic mass is 9.97. The highest BCUT2D eigenvalue weighted by molar-refractivity contribution is 6.42. The average Bonchev–Trinajstić information content (AvgIpc) is 3.18. The minimum Gasteiger partial charge on any atom is -0.349 e. The van der Waals surface area contributed by atoms with Crippen molar-refractivity contribution in [2.24, 2.45) is 5.73 Å². The van der Waals surface area contributed by atoms with E-state index in [1.54, 1.807) is 16.8 Å². The fourth-order valence-corrected chi connectivity index (χ4v) is 4.02. The Kier molecular flexibility index (Phi) is 5.61. The first-order chi connectivity index (χ1) is 12.3. The Morgan fingerprint density at radius 2 is 1.96 bits per heavy atom. The number of aryl methyl sites for hydroxylation is 1. The van der Waals surface area contributed by atoms with Crippen LogP contribution in [0.4, 0.5) is 0 Å². The maximum absolute atomic E-state index is 12.6. The second kappa shape index (κ2) is 7.59. The molecule has 3 rings (SSSR count). The minimum absolute atomic E-state index is 0.00256. The lowest BCUT2D eigenvalue weighted by molar-refractivity contribution is -0.122. The molecular formula is C19H24Cl2N4O. The number of carbonyl (C=O) groups excluding carboxylic acids is 1. The molecule has 2 aromatic rings. The van der Waals surface area contributed by atoms with Gasteiger partial charge in [-0.25, -0.2) is 4.68 Å². The number of carbonyl (C=O) groups is 1. The van der Waals surface area contributed by atoms with Gasteiger partial charge in [0.25, 0.3) is 0 Å². The lowest BCUT2D eigenvalue weighted by Crippen LogP contribution is -2.52. The van der Waals surface area contributed by atoms with E-state index >= 15 is 0 Å². The number of nitrogens with one attached hydrogen (secondary N) is 1. The van der Waals surface area contributed by atoms with Gasteiger partial charge in [0.1, 0.15) is 0 Å². The molecule has 1 fully saturated rings. The van der Waals surface area contributed by atoms with Gasteiger partial charge in [0.2, 0.25) is 5.91 Å². The predicted octanol–water partition coefficient (Wildman–Crippen LogP) is 3.73. The zero-order valence-corrected chi connectivity index (χ0v) is 16.6. The van der Waals surface area contributed by atoms with Crippen LogP contribution in [0.5, 0.6) is 0 Å². The van der Waals surface area contributed by atoms with Crippen molar-refractivity contribution in [3.05, 3.63) is 45.2 Å². The van der Waals surface area contributed by atoms with Crippen LogP contribution in [0.15, 0.2) is 18.2 Å². The van der Waals surface area contributed by atoms with E-state index in [1.807, 2.05) is 19.9 Å². The van der Waals surface area contributed by atoms with E-state index in [4.69, 9.17) is 28.9 Å². The number of benzene rings is 1. The van der Waals surface area contributed by atoms with Crippen molar-refractivity contribution < 1.29 is 4.79 Å². The maximum Gasteiger partial charge on any atom is 0.225 e. The zero-order chi connectivity index (χ0) is 18.9. The first-order valence-corrected chi connectivity index (χ1v) is 9.62. The first kappa shape index (κ1) is 19.2. The Hall–Kier alpha value is -1.56. The van der Waals surface area contributed by atoms with Crippen molar-refractivity contribution in [1.82, 2.24) is 15.1 Å². The summed E-state index contributed by atoms with van der Waals surface area (Å²) in [5.41, 5.74) is 9.19. The first-order valence-electron chi connectivity index (χ1n) is 8.87. The minimum atomic E-state index is -0.238. The number of hydrogen-bond donors (Lipinski definition) is 2. The number of aromatic nitrogens is 2. The van der Waals surface area contributed by atoms with Gasteiger partial charge in [-0.2, -0.15) is 5.10 Å². The molecule has 1 saturated carbocycles. The molecule has 0 aliphatic heterocycles. The highest BCUT2D eigenvalue weighted by atomic mass is 35.5. The van der Waals surface area contributed by atoms with Gasteiger partial charge in [0.05, 0.1) is 33.4 Å². The van der Waals surface area contributed by atoms with Crippen LogP contribution >= 0.6 is 23.2 Å². The normalized spacial score (nSPS) is 16.0. The molecule has 1 aliphatic rings. The molecule has 7 heteroatoms. The molecule has 0 bridgehead atoms. The van der Waals surface area contributed by atoms with Gasteiger partial charge >= 0.3 is 0 Å². The molecule has 140 valence electrons. The third-order valence-electron chi connectivity index (χ3n) is 5.28. The summed E-state index contributed by atoms with van der Waals surface area (Å²) in [5, 5.41) is 8.73. The van der Waals surface area contributed by atoms with E-state index in [-0.39, 0.29) is 11.4 Å². The van der Waals surface area contributed by atoms with E-state index in [0.29, 0.717) is 23.0 Å². The summed E-state index contributed by atoms with van der Waals surface area (Å²) in [6.07, 6.45) is 4.43. The van der Waals surface area contributed by atoms with Crippen molar-refractivity contribution in [3.8, 4) is 5.69 Å². The Balaban J connectivity index is 1.81. The molecular weight excluding hydrogens is 371 g/mol. The number of nitrogens with zero attached hydrogens (tertiary/aromatic N) is 2. The van der Waals surface area contributed by atoms with Crippen LogP contribution in [-0.4, -0.2) is 27.8 Å². The Bertz CT molecular complexity index is 825. The second-order valence-electron chi connectivity index (χ2n) is 7.08. The second-order valence-corrected chi connectivity index (χ2v) is 7.89. The van der Waals surface area contributed by atoms with Crippen LogP contribution in [0.3, 0.4) is 0 Å². The van der Waals surface area contributed by atoms with E-state index in [2.05, 4.69) is 10.4 Å². The summed E-state index contributed by atoms with van der Waals surface area (Å²) in [5.74, 6) is -0.00256. The smallest absolute Gasteiger partial charge is 0.225 e. The highest BCUT2D eigenvalue weighted by Gasteiger charge is 2.34. The Morgan fingerprint density at radius 3 is 2.58 bits per heavy atom. The van der Waals surface area contributed by atoms with Crippen LogP contribution in [-0.2, 0) is 11.2 Å². The van der Waals surface area contributed by atoms with E-state index < -0.39 is 0 Å². The molecule has 5 nitrogen and oxygen atoms in total. The van der Waals surface area contributed by atoms with Gasteiger partial charge < -0.3 is 11.1 Å². The number of amides is 1. The summed E-state index contributed by atoms with van der Waals surface area (Å²) in [7, 11) is 0. The molecule has 0 saturated heterocycles. The standard InChI is InChI=1S/C19H24Cl2N4O/c1-12-15(10-18(26)23-19(11-22)7-3-4-8-19)13(2)25(24-12)14-5-6-16(20)17(21)9-14/h5-6,9H,3-4,7-8,10-11,22H2,1-2H3,(H,23,26). The molecule has 1 aliphatic carbocycles. The van der Waals surface area contributed by atoms with Crippen molar-refractivity contribution in [1.29, 1.82) is 0 Å². The fourth-order valence-electron chi connectivity index (χ4n) is 3.73. The number of rotatable bonds is 5. The third kappa shape index (κ3) is 3.75. The van der Waals surface area contributed by atoms with Gasteiger partial charge in [-0.1, -0.05) is 36.0 Å². The largest absolute Gasteiger partial charge is 0.349 e. The van der Waals surface area contributed by atoms with Gasteiger partial charge in [0, 0.05) is 17.8 Å². The highest BCUT2D eigenvalue weighted by Crippen LogP contribution is 2.29. The number of halogens is 2. The monoisotopic (exact) mass is 394 g/mol. The molecule has 1 heterocycles. The molecule has 1 amide bonds. The van der Waals surface area contributed by atoms with Crippen LogP contribution in [0.1, 0.15) is 42.6 Å². The predicted molar refractivity (Wildman–Crippen MR) is 105 cm³/mol. The topological polar surface area (TPSA) is 72.9 Å². The van der Waals surface area contributed by atoms with Crippen molar-refractivity contribution in [3.63, 3.8) is 0 Å². The van der Waals surface area contributed by atoms with E-state index in [9.17, 15) is 4.79 Å². The van der Waals surface area contributed by atoms with Crippen LogP contribution < -0.4 is 11.1 Å². The molecule has 1 aromatic heterocycles.